The van der Waals surface area contributed by atoms with Crippen LogP contribution in [-0.2, 0) is 42.8 Å². The number of ketones is 2. The van der Waals surface area contributed by atoms with E-state index in [0.29, 0.717) is 55.3 Å². The summed E-state index contributed by atoms with van der Waals surface area (Å²) in [4.78, 5) is 68.3. The molecule has 10 rings (SSSR count). The lowest BCUT2D eigenvalue weighted by Crippen LogP contribution is -2.36. The molecule has 6 aromatic heterocycles. The monoisotopic (exact) mass is 1100 g/mol. The molecule has 3 N–H and O–H groups in total. The number of aromatic nitrogens is 12. The summed E-state index contributed by atoms with van der Waals surface area (Å²) in [5.41, 5.74) is 9.99. The van der Waals surface area contributed by atoms with Crippen molar-refractivity contribution in [2.75, 3.05) is 23.7 Å². The van der Waals surface area contributed by atoms with Crippen molar-refractivity contribution in [1.82, 2.24) is 70.0 Å². The largest absolute Gasteiger partial charge is 0.444 e. The Balaban J connectivity index is 0.000000198. The predicted molar refractivity (Wildman–Crippen MR) is 304 cm³/mol. The fourth-order valence-corrected chi connectivity index (χ4v) is 9.49. The highest BCUT2D eigenvalue weighted by Gasteiger charge is 2.33. The molecule has 0 saturated heterocycles. The average molecular weight is 1100 g/mol. The molecule has 0 saturated carbocycles. The van der Waals surface area contributed by atoms with Crippen molar-refractivity contribution in [3.8, 4) is 22.5 Å². The molecule has 81 heavy (non-hydrogen) atoms. The van der Waals surface area contributed by atoms with E-state index in [4.69, 9.17) is 23.8 Å². The summed E-state index contributed by atoms with van der Waals surface area (Å²) in [6, 6.07) is 16.1. The molecule has 1 amide bonds. The smallest absolute Gasteiger partial charge is 0.410 e. The number of benzene rings is 2. The van der Waals surface area contributed by atoms with Crippen LogP contribution in [0.2, 0.25) is 0 Å². The van der Waals surface area contributed by atoms with Crippen molar-refractivity contribution in [3.63, 3.8) is 0 Å². The van der Waals surface area contributed by atoms with Gasteiger partial charge in [0.1, 0.15) is 5.60 Å². The van der Waals surface area contributed by atoms with Crippen LogP contribution in [-0.4, -0.2) is 101 Å². The van der Waals surface area contributed by atoms with Gasteiger partial charge in [0, 0.05) is 80.9 Å². The topological polar surface area (TPSA) is 265 Å². The first-order valence-corrected chi connectivity index (χ1v) is 27.2. The summed E-state index contributed by atoms with van der Waals surface area (Å²) in [7, 11) is 3.77. The molecule has 424 valence electrons. The van der Waals surface area contributed by atoms with Gasteiger partial charge in [0.05, 0.1) is 46.5 Å². The summed E-state index contributed by atoms with van der Waals surface area (Å²) >= 11 is 0. The van der Waals surface area contributed by atoms with Crippen molar-refractivity contribution in [2.24, 2.45) is 14.1 Å². The molecular weight excluding hydrogens is 1030 g/mol. The first-order chi connectivity index (χ1) is 38.4. The number of rotatable bonds is 12. The van der Waals surface area contributed by atoms with E-state index in [1.807, 2.05) is 121 Å². The molecule has 8 aromatic rings. The molecule has 22 heteroatoms. The number of anilines is 4. The lowest BCUT2D eigenvalue weighted by molar-refractivity contribution is 0.0234. The van der Waals surface area contributed by atoms with Crippen LogP contribution in [0.4, 0.5) is 28.1 Å². The van der Waals surface area contributed by atoms with Gasteiger partial charge in [-0.25, -0.2) is 24.7 Å². The number of amides is 1. The van der Waals surface area contributed by atoms with Crippen molar-refractivity contribution in [1.29, 1.82) is 0 Å². The second-order valence-electron chi connectivity index (χ2n) is 23.8. The number of nitrogens with zero attached hydrogens (tertiary/aromatic N) is 13. The van der Waals surface area contributed by atoms with E-state index < -0.39 is 11.7 Å². The van der Waals surface area contributed by atoms with E-state index in [-0.39, 0.29) is 52.3 Å². The number of aryl methyl sites for hydroxylation is 2. The van der Waals surface area contributed by atoms with Gasteiger partial charge in [-0.2, -0.15) is 20.2 Å². The van der Waals surface area contributed by atoms with E-state index in [2.05, 4.69) is 74.6 Å². The Labute approximate surface area is 471 Å². The minimum atomic E-state index is -0.635. The molecule has 0 fully saturated rings. The van der Waals surface area contributed by atoms with Gasteiger partial charge in [0.25, 0.3) is 0 Å². The first kappa shape index (κ1) is 57.2. The Kier molecular flexibility index (Phi) is 16.4. The highest BCUT2D eigenvalue weighted by atomic mass is 16.6. The van der Waals surface area contributed by atoms with Crippen molar-refractivity contribution in [2.45, 2.75) is 143 Å². The van der Waals surface area contributed by atoms with Gasteiger partial charge < -0.3 is 34.6 Å². The predicted octanol–water partition coefficient (Wildman–Crippen LogP) is 10.6. The molecule has 0 spiro atoms. The fraction of sp³-hybridized carbons (Fsp3) is 0.441. The number of ether oxygens (including phenoxy) is 1. The van der Waals surface area contributed by atoms with Crippen LogP contribution in [0.5, 0.6) is 0 Å². The van der Waals surface area contributed by atoms with Gasteiger partial charge in [0.15, 0.2) is 0 Å². The second kappa shape index (κ2) is 23.3. The molecule has 0 aliphatic carbocycles. The molecule has 2 aliphatic rings. The number of hydrogen-bond donors (Lipinski definition) is 3. The maximum atomic E-state index is 13.4. The van der Waals surface area contributed by atoms with Gasteiger partial charge in [0.2, 0.25) is 46.9 Å². The van der Waals surface area contributed by atoms with Crippen LogP contribution >= 0.6 is 0 Å². The summed E-state index contributed by atoms with van der Waals surface area (Å²) in [5, 5.41) is 26.4. The maximum Gasteiger partial charge on any atom is 0.410 e. The van der Waals surface area contributed by atoms with Gasteiger partial charge in [-0.3, -0.25) is 19.0 Å². The molecular formula is C59H72N16O6. The van der Waals surface area contributed by atoms with Crippen LogP contribution < -0.4 is 16.0 Å². The Bertz CT molecular complexity index is 3570. The van der Waals surface area contributed by atoms with Crippen LogP contribution in [0.3, 0.4) is 0 Å². The Morgan fingerprint density at radius 2 is 1.14 bits per heavy atom. The third-order valence-electron chi connectivity index (χ3n) is 14.3. The molecule has 2 aliphatic heterocycles. The van der Waals surface area contributed by atoms with Gasteiger partial charge >= 0.3 is 6.09 Å². The zero-order valence-corrected chi connectivity index (χ0v) is 48.5. The summed E-state index contributed by atoms with van der Waals surface area (Å²) in [5.74, 6) is 1.69. The number of carbonyl (C=O) groups is 3. The van der Waals surface area contributed by atoms with Crippen LogP contribution in [0, 0.1) is 13.8 Å². The molecule has 0 bridgehead atoms. The highest BCUT2D eigenvalue weighted by molar-refractivity contribution is 5.93. The van der Waals surface area contributed by atoms with Crippen molar-refractivity contribution < 1.29 is 28.2 Å². The Morgan fingerprint density at radius 1 is 0.654 bits per heavy atom. The van der Waals surface area contributed by atoms with E-state index in [0.717, 1.165) is 75.8 Å². The van der Waals surface area contributed by atoms with E-state index in [1.165, 1.54) is 5.56 Å². The van der Waals surface area contributed by atoms with E-state index >= 15 is 0 Å². The third kappa shape index (κ3) is 13.7. The summed E-state index contributed by atoms with van der Waals surface area (Å²) in [6.07, 6.45) is 8.51. The highest BCUT2D eigenvalue weighted by Crippen LogP contribution is 2.37. The zero-order valence-electron chi connectivity index (χ0n) is 48.5. The number of carbonyl (C=O) groups excluding carboxylic acids is 3. The standard InChI is InChI=1S/C32H40N8O4.C27H32N8O2/c1-19-25(17-34-39(19)8)36-29-33-13-11-24(35-29)21-9-10-23-20(16-26(41)27-37-28(44-38-27)31(2,3)4)12-14-40(18-22(23)15-21)30(42)43-32(5,6)7;1-16-22(15-30-35(16)5)32-26-29-11-9-21(31-26)18-6-7-20-17(8-10-28-14-19(20)12-18)13-23(36)24-33-25(37-34-24)27(2,3)4/h9-11,13,15,17,20H,12,14,16,18H2,1-8H3,(H,33,35,36);6-7,9,11-12,15,17,28H,8,10,13-14H2,1-5H3,(H,29,31,32)/t20-;17-/m00/s1. The minimum Gasteiger partial charge on any atom is -0.444 e. The first-order valence-electron chi connectivity index (χ1n) is 27.2. The third-order valence-corrected chi connectivity index (χ3v) is 14.3. The van der Waals surface area contributed by atoms with E-state index in [9.17, 15) is 14.4 Å². The minimum absolute atomic E-state index is 0.0688. The van der Waals surface area contributed by atoms with Crippen molar-refractivity contribution >= 4 is 40.9 Å². The summed E-state index contributed by atoms with van der Waals surface area (Å²) < 4.78 is 20.0. The normalized spacial score (nSPS) is 15.6. The fourth-order valence-electron chi connectivity index (χ4n) is 9.49. The quantitative estimate of drug-likeness (QED) is 0.0960. The molecule has 2 atom stereocenters. The average Bonchev–Trinajstić information content (AvgIpc) is 4.43. The number of fused-ring (bicyclic) bond motifs is 2. The molecule has 2 aromatic carbocycles. The number of Topliss-reactive ketones (excluding diaryl/α,β-unsaturated/α-hetero) is 2. The maximum absolute atomic E-state index is 13.4. The lowest BCUT2D eigenvalue weighted by Gasteiger charge is -2.26. The lowest BCUT2D eigenvalue weighted by atomic mass is 9.87. The molecule has 8 heterocycles. The van der Waals surface area contributed by atoms with Crippen molar-refractivity contribution in [3.05, 3.63) is 130 Å². The Morgan fingerprint density at radius 3 is 1.59 bits per heavy atom. The summed E-state index contributed by atoms with van der Waals surface area (Å²) in [6.45, 7) is 23.6. The number of nitrogens with one attached hydrogen (secondary N) is 3. The van der Waals surface area contributed by atoms with Crippen LogP contribution in [0.15, 0.2) is 82.4 Å². The van der Waals surface area contributed by atoms with Gasteiger partial charge in [-0.1, -0.05) is 76.1 Å². The van der Waals surface area contributed by atoms with Gasteiger partial charge in [-0.15, -0.1) is 0 Å². The van der Waals surface area contributed by atoms with Gasteiger partial charge in [-0.05, 0) is 112 Å². The molecule has 0 unspecified atom stereocenters. The van der Waals surface area contributed by atoms with Crippen LogP contribution in [0.1, 0.15) is 166 Å². The molecule has 0 radical (unpaired) electrons. The van der Waals surface area contributed by atoms with E-state index in [1.54, 1.807) is 39.1 Å². The SMILES string of the molecule is Cc1c(Nc2nccc(-c3ccc4c(c3)CN(C(=O)OC(C)(C)C)CC[C@H]4CC(=O)c3noc(C(C)(C)C)n3)n2)cnn1C.Cc1c(Nc2nccc(-c3ccc4c(c3)CNCC[C@H]4CC(=O)c3noc(C(C)(C)C)n3)n2)cnn1C. The number of hydrogen-bond acceptors (Lipinski definition) is 19. The molecule has 22 nitrogen and oxygen atoms in total. The Hall–Kier alpha value is -8.53. The van der Waals surface area contributed by atoms with Crippen LogP contribution in [0.25, 0.3) is 22.5 Å². The second-order valence-corrected chi connectivity index (χ2v) is 23.8. The zero-order chi connectivity index (χ0) is 58.0.